The molecule has 152 valence electrons. The molecule has 0 aromatic heterocycles. The first-order valence-corrected chi connectivity index (χ1v) is 9.49. The van der Waals surface area contributed by atoms with E-state index in [2.05, 4.69) is 59.1 Å². The lowest BCUT2D eigenvalue weighted by atomic mass is 10.1. The number of hydrogen-bond donors (Lipinski definition) is 3. The number of aryl methyl sites for hydroxylation is 1. The van der Waals surface area contributed by atoms with Crippen LogP contribution >= 0.6 is 24.0 Å². The van der Waals surface area contributed by atoms with Crippen molar-refractivity contribution < 1.29 is 4.79 Å². The summed E-state index contributed by atoms with van der Waals surface area (Å²) in [6.45, 7) is 6.28. The standard InChI is InChI=1S/C22H30N4O.HI/c1-4-5-14-24-21(27)20-12-10-19(11-13-20)16-26-22(23-3)25-15-18-8-6-17(2)7-9-18;/h6-13H,4-5,14-16H2,1-3H3,(H,24,27)(H2,23,25,26);1H. The molecule has 0 bridgehead atoms. The highest BCUT2D eigenvalue weighted by atomic mass is 127. The molecule has 0 spiro atoms. The van der Waals surface area contributed by atoms with Crippen LogP contribution in [0.5, 0.6) is 0 Å². The zero-order valence-corrected chi connectivity index (χ0v) is 19.2. The molecule has 0 saturated heterocycles. The molecule has 28 heavy (non-hydrogen) atoms. The zero-order valence-electron chi connectivity index (χ0n) is 16.9. The van der Waals surface area contributed by atoms with E-state index in [0.29, 0.717) is 12.1 Å². The molecule has 2 rings (SSSR count). The molecule has 2 aromatic carbocycles. The van der Waals surface area contributed by atoms with E-state index >= 15 is 0 Å². The van der Waals surface area contributed by atoms with E-state index in [9.17, 15) is 4.79 Å². The second-order valence-corrected chi connectivity index (χ2v) is 6.57. The van der Waals surface area contributed by atoms with E-state index in [0.717, 1.165) is 37.5 Å². The third kappa shape index (κ3) is 8.29. The summed E-state index contributed by atoms with van der Waals surface area (Å²) < 4.78 is 0. The Morgan fingerprint density at radius 3 is 1.93 bits per heavy atom. The van der Waals surface area contributed by atoms with Gasteiger partial charge < -0.3 is 16.0 Å². The van der Waals surface area contributed by atoms with E-state index in [1.165, 1.54) is 11.1 Å². The number of nitrogens with zero attached hydrogens (tertiary/aromatic N) is 1. The number of nitrogens with one attached hydrogen (secondary N) is 3. The first-order chi connectivity index (χ1) is 13.1. The molecule has 2 aromatic rings. The number of halogens is 1. The van der Waals surface area contributed by atoms with Crippen molar-refractivity contribution in [2.45, 2.75) is 39.8 Å². The second kappa shape index (κ2) is 13.1. The van der Waals surface area contributed by atoms with Crippen LogP contribution in [0.4, 0.5) is 0 Å². The van der Waals surface area contributed by atoms with Gasteiger partial charge in [-0.15, -0.1) is 24.0 Å². The molecule has 1 amide bonds. The third-order valence-corrected chi connectivity index (χ3v) is 4.30. The Kier molecular flexibility index (Phi) is 11.2. The largest absolute Gasteiger partial charge is 0.352 e. The van der Waals surface area contributed by atoms with Gasteiger partial charge in [0, 0.05) is 32.2 Å². The molecule has 6 heteroatoms. The van der Waals surface area contributed by atoms with Gasteiger partial charge in [0.15, 0.2) is 5.96 Å². The maximum Gasteiger partial charge on any atom is 0.251 e. The first-order valence-electron chi connectivity index (χ1n) is 9.49. The summed E-state index contributed by atoms with van der Waals surface area (Å²) >= 11 is 0. The number of carbonyl (C=O) groups is 1. The van der Waals surface area contributed by atoms with Crippen LogP contribution in [0, 0.1) is 6.92 Å². The van der Waals surface area contributed by atoms with Gasteiger partial charge >= 0.3 is 0 Å². The molecule has 0 saturated carbocycles. The fourth-order valence-corrected chi connectivity index (χ4v) is 2.55. The minimum Gasteiger partial charge on any atom is -0.352 e. The van der Waals surface area contributed by atoms with E-state index in [1.54, 1.807) is 7.05 Å². The lowest BCUT2D eigenvalue weighted by Gasteiger charge is -2.12. The third-order valence-electron chi connectivity index (χ3n) is 4.30. The Morgan fingerprint density at radius 2 is 1.43 bits per heavy atom. The number of aliphatic imine (C=N–C) groups is 1. The lowest BCUT2D eigenvalue weighted by Crippen LogP contribution is -2.36. The van der Waals surface area contributed by atoms with Gasteiger partial charge in [-0.05, 0) is 36.6 Å². The fourth-order valence-electron chi connectivity index (χ4n) is 2.55. The van der Waals surface area contributed by atoms with Crippen molar-refractivity contribution >= 4 is 35.8 Å². The van der Waals surface area contributed by atoms with E-state index in [1.807, 2.05) is 24.3 Å². The van der Waals surface area contributed by atoms with Gasteiger partial charge in [-0.2, -0.15) is 0 Å². The predicted octanol–water partition coefficient (Wildman–Crippen LogP) is 4.01. The predicted molar refractivity (Wildman–Crippen MR) is 127 cm³/mol. The normalized spacial score (nSPS) is 10.8. The van der Waals surface area contributed by atoms with Crippen molar-refractivity contribution in [1.82, 2.24) is 16.0 Å². The van der Waals surface area contributed by atoms with Crippen molar-refractivity contribution in [3.05, 3.63) is 70.8 Å². The highest BCUT2D eigenvalue weighted by Gasteiger charge is 2.05. The molecule has 0 atom stereocenters. The van der Waals surface area contributed by atoms with Crippen LogP contribution in [0.25, 0.3) is 0 Å². The fraction of sp³-hybridized carbons (Fsp3) is 0.364. The molecule has 0 aliphatic heterocycles. The SMILES string of the molecule is CCCCNC(=O)c1ccc(CNC(=NC)NCc2ccc(C)cc2)cc1.I. The molecule has 0 radical (unpaired) electrons. The maximum atomic E-state index is 12.0. The molecule has 0 aliphatic rings. The van der Waals surface area contributed by atoms with Crippen LogP contribution in [0.2, 0.25) is 0 Å². The minimum absolute atomic E-state index is 0. The molecule has 3 N–H and O–H groups in total. The number of hydrogen-bond acceptors (Lipinski definition) is 2. The highest BCUT2D eigenvalue weighted by molar-refractivity contribution is 14.0. The van der Waals surface area contributed by atoms with Crippen LogP contribution in [0.3, 0.4) is 0 Å². The lowest BCUT2D eigenvalue weighted by molar-refractivity contribution is 0.0953. The monoisotopic (exact) mass is 494 g/mol. The van der Waals surface area contributed by atoms with Gasteiger partial charge in [0.2, 0.25) is 0 Å². The van der Waals surface area contributed by atoms with Gasteiger partial charge in [0.05, 0.1) is 0 Å². The second-order valence-electron chi connectivity index (χ2n) is 6.57. The summed E-state index contributed by atoms with van der Waals surface area (Å²) in [5.74, 6) is 0.732. The number of benzene rings is 2. The molecule has 5 nitrogen and oxygen atoms in total. The van der Waals surface area contributed by atoms with Crippen LogP contribution < -0.4 is 16.0 Å². The first kappa shape index (κ1) is 23.9. The Hall–Kier alpha value is -2.09. The zero-order chi connectivity index (χ0) is 19.5. The smallest absolute Gasteiger partial charge is 0.251 e. The Labute approximate surface area is 185 Å². The minimum atomic E-state index is -0.0152. The molecule has 0 fully saturated rings. The topological polar surface area (TPSA) is 65.5 Å². The average Bonchev–Trinajstić information content (AvgIpc) is 2.70. The van der Waals surface area contributed by atoms with Crippen molar-refractivity contribution in [1.29, 1.82) is 0 Å². The highest BCUT2D eigenvalue weighted by Crippen LogP contribution is 2.05. The number of carbonyl (C=O) groups excluding carboxylic acids is 1. The number of amides is 1. The summed E-state index contributed by atoms with van der Waals surface area (Å²) in [6.07, 6.45) is 2.08. The maximum absolute atomic E-state index is 12.0. The summed E-state index contributed by atoms with van der Waals surface area (Å²) in [5, 5.41) is 9.54. The van der Waals surface area contributed by atoms with Gasteiger partial charge in [-0.3, -0.25) is 9.79 Å². The van der Waals surface area contributed by atoms with Crippen molar-refractivity contribution in [3.63, 3.8) is 0 Å². The van der Waals surface area contributed by atoms with Crippen LogP contribution in [-0.4, -0.2) is 25.5 Å². The molecular formula is C22H31IN4O. The van der Waals surface area contributed by atoms with Gasteiger partial charge in [0.1, 0.15) is 0 Å². The number of guanidine groups is 1. The quantitative estimate of drug-likeness (QED) is 0.225. The van der Waals surface area contributed by atoms with Crippen LogP contribution in [0.15, 0.2) is 53.5 Å². The van der Waals surface area contributed by atoms with Crippen molar-refractivity contribution in [2.24, 2.45) is 4.99 Å². The number of unbranched alkanes of at least 4 members (excludes halogenated alkanes) is 1. The van der Waals surface area contributed by atoms with Crippen LogP contribution in [-0.2, 0) is 13.1 Å². The average molecular weight is 494 g/mol. The summed E-state index contributed by atoms with van der Waals surface area (Å²) in [5.41, 5.74) is 4.25. The van der Waals surface area contributed by atoms with E-state index in [-0.39, 0.29) is 29.9 Å². The van der Waals surface area contributed by atoms with Gasteiger partial charge in [0.25, 0.3) is 5.91 Å². The van der Waals surface area contributed by atoms with Crippen molar-refractivity contribution in [2.75, 3.05) is 13.6 Å². The summed E-state index contributed by atoms with van der Waals surface area (Å²) in [6, 6.07) is 16.1. The molecular weight excluding hydrogens is 463 g/mol. The van der Waals surface area contributed by atoms with E-state index in [4.69, 9.17) is 0 Å². The summed E-state index contributed by atoms with van der Waals surface area (Å²) in [7, 11) is 1.76. The van der Waals surface area contributed by atoms with Crippen molar-refractivity contribution in [3.8, 4) is 0 Å². The van der Waals surface area contributed by atoms with Gasteiger partial charge in [-0.1, -0.05) is 55.3 Å². The molecule has 0 aliphatic carbocycles. The molecule has 0 heterocycles. The van der Waals surface area contributed by atoms with Crippen LogP contribution in [0.1, 0.15) is 46.8 Å². The van der Waals surface area contributed by atoms with E-state index < -0.39 is 0 Å². The molecule has 0 unspecified atom stereocenters. The Balaban J connectivity index is 0.00000392. The summed E-state index contributed by atoms with van der Waals surface area (Å²) in [4.78, 5) is 16.3. The number of rotatable bonds is 8. The Bertz CT molecular complexity index is 742. The Morgan fingerprint density at radius 1 is 0.893 bits per heavy atom. The van der Waals surface area contributed by atoms with Gasteiger partial charge in [-0.25, -0.2) is 0 Å².